The number of hydrogen-bond donors (Lipinski definition) is 2. The SMILES string of the molecule is NC(=O)c1cc(CO)cc(C(F)(F)F)c1. The lowest BCUT2D eigenvalue weighted by molar-refractivity contribution is -0.137. The molecule has 6 heteroatoms. The number of amides is 1. The Balaban J connectivity index is 3.30. The zero-order valence-electron chi connectivity index (χ0n) is 7.51. The van der Waals surface area contributed by atoms with E-state index in [1.807, 2.05) is 0 Å². The third kappa shape index (κ3) is 2.69. The van der Waals surface area contributed by atoms with Crippen molar-refractivity contribution >= 4 is 5.91 Å². The summed E-state index contributed by atoms with van der Waals surface area (Å²) in [6.07, 6.45) is -4.56. The predicted molar refractivity (Wildman–Crippen MR) is 45.9 cm³/mol. The smallest absolute Gasteiger partial charge is 0.392 e. The van der Waals surface area contributed by atoms with Crippen molar-refractivity contribution in [3.8, 4) is 0 Å². The minimum absolute atomic E-state index is 0.00127. The van der Waals surface area contributed by atoms with E-state index in [0.29, 0.717) is 6.07 Å². The fourth-order valence-electron chi connectivity index (χ4n) is 1.09. The first-order chi connectivity index (χ1) is 6.84. The molecule has 0 fully saturated rings. The Morgan fingerprint density at radius 3 is 2.33 bits per heavy atom. The van der Waals surface area contributed by atoms with Crippen molar-refractivity contribution in [3.05, 3.63) is 34.9 Å². The maximum Gasteiger partial charge on any atom is 0.416 e. The van der Waals surface area contributed by atoms with Gasteiger partial charge in [0.15, 0.2) is 0 Å². The first-order valence-corrected chi connectivity index (χ1v) is 3.96. The molecule has 1 aromatic rings. The number of benzene rings is 1. The van der Waals surface area contributed by atoms with Gasteiger partial charge >= 0.3 is 6.18 Å². The molecule has 0 unspecified atom stereocenters. The quantitative estimate of drug-likeness (QED) is 0.787. The van der Waals surface area contributed by atoms with Crippen LogP contribution in [0.15, 0.2) is 18.2 Å². The van der Waals surface area contributed by atoms with Crippen molar-refractivity contribution in [2.45, 2.75) is 12.8 Å². The third-order valence-corrected chi connectivity index (χ3v) is 1.79. The molecule has 1 amide bonds. The molecule has 0 aromatic heterocycles. The van der Waals surface area contributed by atoms with Crippen molar-refractivity contribution in [2.75, 3.05) is 0 Å². The summed E-state index contributed by atoms with van der Waals surface area (Å²) in [5, 5.41) is 8.71. The maximum atomic E-state index is 12.3. The van der Waals surface area contributed by atoms with Crippen molar-refractivity contribution in [3.63, 3.8) is 0 Å². The monoisotopic (exact) mass is 219 g/mol. The molecule has 0 radical (unpaired) electrons. The van der Waals surface area contributed by atoms with Gasteiger partial charge in [0.2, 0.25) is 5.91 Å². The largest absolute Gasteiger partial charge is 0.416 e. The van der Waals surface area contributed by atoms with Crippen LogP contribution in [0.3, 0.4) is 0 Å². The topological polar surface area (TPSA) is 63.3 Å². The van der Waals surface area contributed by atoms with E-state index < -0.39 is 24.3 Å². The number of carbonyl (C=O) groups is 1. The normalized spacial score (nSPS) is 11.5. The van der Waals surface area contributed by atoms with Crippen LogP contribution in [-0.2, 0) is 12.8 Å². The molecule has 0 heterocycles. The molecule has 0 saturated heterocycles. The highest BCUT2D eigenvalue weighted by molar-refractivity contribution is 5.93. The zero-order valence-corrected chi connectivity index (χ0v) is 7.51. The van der Waals surface area contributed by atoms with Crippen LogP contribution in [0.4, 0.5) is 13.2 Å². The second-order valence-corrected chi connectivity index (χ2v) is 2.94. The van der Waals surface area contributed by atoms with E-state index >= 15 is 0 Å². The first-order valence-electron chi connectivity index (χ1n) is 3.96. The molecular weight excluding hydrogens is 211 g/mol. The van der Waals surface area contributed by atoms with Crippen molar-refractivity contribution in [1.82, 2.24) is 0 Å². The van der Waals surface area contributed by atoms with Gasteiger partial charge in [-0.05, 0) is 23.8 Å². The summed E-state index contributed by atoms with van der Waals surface area (Å²) in [4.78, 5) is 10.7. The summed E-state index contributed by atoms with van der Waals surface area (Å²) >= 11 is 0. The van der Waals surface area contributed by atoms with Crippen LogP contribution in [0.5, 0.6) is 0 Å². The minimum Gasteiger partial charge on any atom is -0.392 e. The lowest BCUT2D eigenvalue weighted by atomic mass is 10.1. The van der Waals surface area contributed by atoms with E-state index in [1.165, 1.54) is 0 Å². The average molecular weight is 219 g/mol. The highest BCUT2D eigenvalue weighted by atomic mass is 19.4. The summed E-state index contributed by atoms with van der Waals surface area (Å²) in [5.41, 5.74) is 3.59. The molecule has 0 aliphatic carbocycles. The first kappa shape index (κ1) is 11.5. The molecule has 82 valence electrons. The van der Waals surface area contributed by atoms with Crippen LogP contribution in [0, 0.1) is 0 Å². The van der Waals surface area contributed by atoms with Crippen LogP contribution in [0.25, 0.3) is 0 Å². The zero-order chi connectivity index (χ0) is 11.6. The number of carbonyl (C=O) groups excluding carboxylic acids is 1. The van der Waals surface area contributed by atoms with Gasteiger partial charge in [0.25, 0.3) is 0 Å². The molecule has 15 heavy (non-hydrogen) atoms. The van der Waals surface area contributed by atoms with Crippen molar-refractivity contribution in [1.29, 1.82) is 0 Å². The van der Waals surface area contributed by atoms with E-state index in [0.717, 1.165) is 12.1 Å². The number of aliphatic hydroxyl groups is 1. The Kier molecular flexibility index (Phi) is 2.99. The van der Waals surface area contributed by atoms with E-state index in [2.05, 4.69) is 0 Å². The van der Waals surface area contributed by atoms with Crippen molar-refractivity contribution < 1.29 is 23.1 Å². The molecule has 0 bridgehead atoms. The standard InChI is InChI=1S/C9H8F3NO2/c10-9(11,12)7-2-5(4-14)1-6(3-7)8(13)15/h1-3,14H,4H2,(H2,13,15). The average Bonchev–Trinajstić information content (AvgIpc) is 2.15. The van der Waals surface area contributed by atoms with Gasteiger partial charge in [-0.25, -0.2) is 0 Å². The number of aliphatic hydroxyl groups excluding tert-OH is 1. The molecular formula is C9H8F3NO2. The summed E-state index contributed by atoms with van der Waals surface area (Å²) in [7, 11) is 0. The Labute approximate surface area is 83.3 Å². The van der Waals surface area contributed by atoms with Gasteiger partial charge in [-0.1, -0.05) is 0 Å². The number of rotatable bonds is 2. The molecule has 1 rings (SSSR count). The third-order valence-electron chi connectivity index (χ3n) is 1.79. The van der Waals surface area contributed by atoms with Gasteiger partial charge in [-0.15, -0.1) is 0 Å². The summed E-state index contributed by atoms with van der Waals surface area (Å²) < 4.78 is 36.9. The van der Waals surface area contributed by atoms with E-state index in [-0.39, 0.29) is 11.1 Å². The van der Waals surface area contributed by atoms with Crippen LogP contribution < -0.4 is 5.73 Å². The van der Waals surface area contributed by atoms with Crippen LogP contribution in [0.1, 0.15) is 21.5 Å². The lowest BCUT2D eigenvalue weighted by Gasteiger charge is -2.09. The predicted octanol–water partition coefficient (Wildman–Crippen LogP) is 1.30. The fourth-order valence-corrected chi connectivity index (χ4v) is 1.09. The fraction of sp³-hybridized carbons (Fsp3) is 0.222. The Bertz CT molecular complexity index is 387. The Morgan fingerprint density at radius 2 is 1.93 bits per heavy atom. The molecule has 0 spiro atoms. The van der Waals surface area contributed by atoms with Crippen LogP contribution >= 0.6 is 0 Å². The molecule has 0 aliphatic rings. The maximum absolute atomic E-state index is 12.3. The van der Waals surface area contributed by atoms with Gasteiger partial charge < -0.3 is 10.8 Å². The van der Waals surface area contributed by atoms with Gasteiger partial charge in [-0.2, -0.15) is 13.2 Å². The van der Waals surface area contributed by atoms with E-state index in [9.17, 15) is 18.0 Å². The number of alkyl halides is 3. The van der Waals surface area contributed by atoms with E-state index in [1.54, 1.807) is 0 Å². The minimum atomic E-state index is -4.56. The second-order valence-electron chi connectivity index (χ2n) is 2.94. The number of primary amides is 1. The molecule has 3 nitrogen and oxygen atoms in total. The Hall–Kier alpha value is -1.56. The summed E-state index contributed by atoms with van der Waals surface area (Å²) in [6.45, 7) is -0.579. The van der Waals surface area contributed by atoms with E-state index in [4.69, 9.17) is 10.8 Å². The molecule has 0 saturated carbocycles. The number of nitrogens with two attached hydrogens (primary N) is 1. The van der Waals surface area contributed by atoms with Crippen LogP contribution in [-0.4, -0.2) is 11.0 Å². The van der Waals surface area contributed by atoms with Gasteiger partial charge in [0.05, 0.1) is 12.2 Å². The molecule has 3 N–H and O–H groups in total. The molecule has 1 aromatic carbocycles. The Morgan fingerprint density at radius 1 is 1.33 bits per heavy atom. The number of halogens is 3. The van der Waals surface area contributed by atoms with Crippen molar-refractivity contribution in [2.24, 2.45) is 5.73 Å². The lowest BCUT2D eigenvalue weighted by Crippen LogP contribution is -2.14. The van der Waals surface area contributed by atoms with Gasteiger partial charge in [0, 0.05) is 5.56 Å². The molecule has 0 atom stereocenters. The summed E-state index contributed by atoms with van der Waals surface area (Å²) in [5.74, 6) is -0.962. The van der Waals surface area contributed by atoms with Gasteiger partial charge in [0.1, 0.15) is 0 Å². The molecule has 0 aliphatic heterocycles. The second kappa shape index (κ2) is 3.90. The van der Waals surface area contributed by atoms with Gasteiger partial charge in [-0.3, -0.25) is 4.79 Å². The highest BCUT2D eigenvalue weighted by Gasteiger charge is 2.31. The highest BCUT2D eigenvalue weighted by Crippen LogP contribution is 2.30. The van der Waals surface area contributed by atoms with Crippen LogP contribution in [0.2, 0.25) is 0 Å². The summed E-state index contributed by atoms with van der Waals surface area (Å²) in [6, 6.07) is 2.55. The number of hydrogen-bond acceptors (Lipinski definition) is 2.